The normalized spacial score (nSPS) is 16.9. The largest absolute Gasteiger partial charge is 0.465 e. The Morgan fingerprint density at radius 1 is 1.00 bits per heavy atom. The number of rotatable bonds is 0. The van der Waals surface area contributed by atoms with Gasteiger partial charge in [0.2, 0.25) is 0 Å². The lowest BCUT2D eigenvalue weighted by Crippen LogP contribution is -2.39. The molecule has 1 saturated heterocycles. The monoisotopic (exact) mass is 166 g/mol. The predicted molar refractivity (Wildman–Crippen MR) is 36.3 cm³/mol. The van der Waals surface area contributed by atoms with E-state index < -0.39 is 7.91 Å². The molecule has 1 aliphatic heterocycles. The van der Waals surface area contributed by atoms with Crippen LogP contribution in [0.2, 0.25) is 0 Å². The second-order valence-corrected chi connectivity index (χ2v) is 2.21. The summed E-state index contributed by atoms with van der Waals surface area (Å²) in [4.78, 5) is 7.01. The first-order chi connectivity index (χ1) is 4.73. The van der Waals surface area contributed by atoms with Gasteiger partial charge >= 0.3 is 7.91 Å². The fraction of sp³-hybridized carbons (Fsp3) is 1.00. The molecule has 0 saturated carbocycles. The average Bonchev–Trinajstić information content (AvgIpc) is 1.90. The molecule has 3 N–H and O–H groups in total. The summed E-state index contributed by atoms with van der Waals surface area (Å²) in [6.07, 6.45) is 0. The zero-order valence-corrected chi connectivity index (χ0v) is 6.43. The minimum Gasteiger partial charge on any atom is -0.314 e. The summed E-state index contributed by atoms with van der Waals surface area (Å²) in [5, 5.41) is 6.44. The van der Waals surface area contributed by atoms with Crippen LogP contribution in [0, 0.1) is 0 Å². The van der Waals surface area contributed by atoms with E-state index in [1.807, 2.05) is 0 Å². The highest BCUT2D eigenvalue weighted by Gasteiger charge is 1.91. The molecule has 10 heavy (non-hydrogen) atoms. The van der Waals surface area contributed by atoms with E-state index in [1.54, 1.807) is 0 Å². The topological polar surface area (TPSA) is 78.4 Å². The third-order valence-corrected chi connectivity index (χ3v) is 0.957. The minimum atomic E-state index is -3.12. The van der Waals surface area contributed by atoms with Crippen molar-refractivity contribution in [3.05, 3.63) is 0 Å². The Morgan fingerprint density at radius 3 is 1.30 bits per heavy atom. The van der Waals surface area contributed by atoms with Crippen molar-refractivity contribution < 1.29 is 14.0 Å². The van der Waals surface area contributed by atoms with Gasteiger partial charge in [-0.2, -0.15) is 0 Å². The van der Waals surface area contributed by atoms with E-state index in [2.05, 4.69) is 10.6 Å². The molecular weight excluding hydrogens is 155 g/mol. The second kappa shape index (κ2) is 6.89. The smallest absolute Gasteiger partial charge is 0.314 e. The first kappa shape index (κ1) is 9.78. The van der Waals surface area contributed by atoms with Gasteiger partial charge in [0.1, 0.15) is 0 Å². The van der Waals surface area contributed by atoms with Crippen molar-refractivity contribution in [1.29, 1.82) is 0 Å². The van der Waals surface area contributed by atoms with Crippen LogP contribution in [0.1, 0.15) is 0 Å². The van der Waals surface area contributed by atoms with Crippen molar-refractivity contribution in [2.75, 3.05) is 26.2 Å². The van der Waals surface area contributed by atoms with E-state index in [1.165, 1.54) is 0 Å². The lowest BCUT2D eigenvalue weighted by Gasteiger charge is -2.11. The maximum absolute atomic E-state index is 8.59. The van der Waals surface area contributed by atoms with Crippen LogP contribution in [-0.2, 0) is 9.13 Å². The summed E-state index contributed by atoms with van der Waals surface area (Å²) in [7, 11) is -3.12. The van der Waals surface area contributed by atoms with Gasteiger partial charge in [-0.3, -0.25) is 4.89 Å². The Morgan fingerprint density at radius 2 is 1.20 bits per heavy atom. The molecule has 0 spiro atoms. The van der Waals surface area contributed by atoms with Crippen molar-refractivity contribution in [3.63, 3.8) is 0 Å². The molecule has 1 rings (SSSR count). The van der Waals surface area contributed by atoms with Gasteiger partial charge in [0.05, 0.1) is 0 Å². The van der Waals surface area contributed by atoms with E-state index in [9.17, 15) is 0 Å². The second-order valence-electron chi connectivity index (χ2n) is 1.74. The van der Waals surface area contributed by atoms with Gasteiger partial charge in [-0.1, -0.05) is 0 Å². The lowest BCUT2D eigenvalue weighted by molar-refractivity contribution is 0.434. The molecule has 0 radical (unpaired) electrons. The van der Waals surface area contributed by atoms with Gasteiger partial charge < -0.3 is 10.6 Å². The summed E-state index contributed by atoms with van der Waals surface area (Å²) in [5.74, 6) is 0. The lowest BCUT2D eigenvalue weighted by atomic mass is 10.4. The van der Waals surface area contributed by atoms with Crippen LogP contribution in [0.25, 0.3) is 0 Å². The standard InChI is InChI=1S/C4H10N2.HO3P/c1-2-6-4-3-5-1;1-4(2)3/h5-6H,1-4H2;(H,1,2,3). The van der Waals surface area contributed by atoms with E-state index >= 15 is 0 Å². The Hall–Kier alpha value is -0.220. The highest BCUT2D eigenvalue weighted by Crippen LogP contribution is 1.84. The molecule has 0 bridgehead atoms. The molecule has 0 atom stereocenters. The molecule has 0 aliphatic carbocycles. The van der Waals surface area contributed by atoms with Crippen LogP contribution in [-0.4, -0.2) is 31.1 Å². The highest BCUT2D eigenvalue weighted by molar-refractivity contribution is 7.23. The van der Waals surface area contributed by atoms with Gasteiger partial charge in [-0.15, -0.1) is 0 Å². The Kier molecular flexibility index (Phi) is 6.74. The van der Waals surface area contributed by atoms with Crippen LogP contribution in [0.3, 0.4) is 0 Å². The molecule has 0 aromatic heterocycles. The molecule has 60 valence electrons. The molecule has 0 aromatic rings. The van der Waals surface area contributed by atoms with E-state index in [0.717, 1.165) is 26.2 Å². The summed E-state index contributed by atoms with van der Waals surface area (Å²) in [6.45, 7) is 4.56. The maximum atomic E-state index is 8.59. The first-order valence-electron chi connectivity index (χ1n) is 2.98. The van der Waals surface area contributed by atoms with Crippen LogP contribution in [0.5, 0.6) is 0 Å². The van der Waals surface area contributed by atoms with Crippen molar-refractivity contribution in [2.45, 2.75) is 0 Å². The van der Waals surface area contributed by atoms with E-state index in [0.29, 0.717) is 0 Å². The molecule has 1 heterocycles. The van der Waals surface area contributed by atoms with Crippen molar-refractivity contribution in [1.82, 2.24) is 10.6 Å². The van der Waals surface area contributed by atoms with Crippen LogP contribution < -0.4 is 10.6 Å². The number of piperazine rings is 1. The van der Waals surface area contributed by atoms with E-state index in [-0.39, 0.29) is 0 Å². The quantitative estimate of drug-likeness (QED) is 0.412. The number of hydrogen-bond acceptors (Lipinski definition) is 4. The average molecular weight is 166 g/mol. The predicted octanol–water partition coefficient (Wildman–Crippen LogP) is -0.754. The first-order valence-corrected chi connectivity index (χ1v) is 4.11. The maximum Gasteiger partial charge on any atom is 0.465 e. The molecule has 1 aliphatic rings. The molecule has 0 unspecified atom stereocenters. The molecular formula is C4H11N2O3P. The molecule has 0 amide bonds. The zero-order chi connectivity index (χ0) is 7.82. The summed E-state index contributed by atoms with van der Waals surface area (Å²) < 4.78 is 17.2. The third-order valence-electron chi connectivity index (χ3n) is 0.957. The summed E-state index contributed by atoms with van der Waals surface area (Å²) >= 11 is 0. The fourth-order valence-corrected chi connectivity index (χ4v) is 0.604. The van der Waals surface area contributed by atoms with Crippen molar-refractivity contribution >= 4 is 7.91 Å². The SMILES string of the molecule is C1CNCCN1.O=P(=O)O. The van der Waals surface area contributed by atoms with Crippen LogP contribution in [0.4, 0.5) is 0 Å². The fourth-order valence-electron chi connectivity index (χ4n) is 0.604. The Balaban J connectivity index is 0.000000180. The van der Waals surface area contributed by atoms with Gasteiger partial charge in [0.15, 0.2) is 0 Å². The molecule has 0 aromatic carbocycles. The third kappa shape index (κ3) is 10.7. The zero-order valence-electron chi connectivity index (χ0n) is 5.54. The van der Waals surface area contributed by atoms with Crippen molar-refractivity contribution in [2.24, 2.45) is 0 Å². The van der Waals surface area contributed by atoms with Crippen LogP contribution in [0.15, 0.2) is 0 Å². The number of nitrogens with one attached hydrogen (secondary N) is 2. The summed E-state index contributed by atoms with van der Waals surface area (Å²) in [6, 6.07) is 0. The van der Waals surface area contributed by atoms with Gasteiger partial charge in [0, 0.05) is 26.2 Å². The Bertz CT molecular complexity index is 113. The van der Waals surface area contributed by atoms with Gasteiger partial charge in [-0.05, 0) is 0 Å². The molecule has 6 heteroatoms. The molecule has 5 nitrogen and oxygen atoms in total. The van der Waals surface area contributed by atoms with Crippen molar-refractivity contribution in [3.8, 4) is 0 Å². The summed E-state index contributed by atoms with van der Waals surface area (Å²) in [5.41, 5.74) is 0. The van der Waals surface area contributed by atoms with E-state index in [4.69, 9.17) is 14.0 Å². The van der Waals surface area contributed by atoms with Gasteiger partial charge in [0.25, 0.3) is 0 Å². The van der Waals surface area contributed by atoms with Gasteiger partial charge in [-0.25, -0.2) is 9.13 Å². The minimum absolute atomic E-state index is 1.14. The molecule has 1 fully saturated rings. The number of hydrogen-bond donors (Lipinski definition) is 3. The Labute approximate surface area is 59.7 Å². The highest BCUT2D eigenvalue weighted by atomic mass is 31.1. The van der Waals surface area contributed by atoms with Crippen LogP contribution >= 0.6 is 7.91 Å².